The summed E-state index contributed by atoms with van der Waals surface area (Å²) in [4.78, 5) is 4.76. The molecule has 0 unspecified atom stereocenters. The van der Waals surface area contributed by atoms with Crippen molar-refractivity contribution in [2.45, 2.75) is 45.6 Å². The van der Waals surface area contributed by atoms with E-state index in [0.717, 1.165) is 55.6 Å². The monoisotopic (exact) mass is 375 g/mol. The SMILES string of the molecule is CCNC(=NCc1ccc2c(c1)OCCCO2)NCC1(CCOC)CCC1. The van der Waals surface area contributed by atoms with Crippen LogP contribution < -0.4 is 20.1 Å². The number of guanidine groups is 1. The fourth-order valence-electron chi connectivity index (χ4n) is 3.60. The molecule has 1 aromatic rings. The highest BCUT2D eigenvalue weighted by molar-refractivity contribution is 5.79. The molecule has 1 fully saturated rings. The van der Waals surface area contributed by atoms with Gasteiger partial charge in [-0.05, 0) is 49.3 Å². The predicted octanol–water partition coefficient (Wildman–Crippen LogP) is 3.11. The minimum absolute atomic E-state index is 0.363. The van der Waals surface area contributed by atoms with Crippen molar-refractivity contribution in [2.75, 3.05) is 40.0 Å². The zero-order chi connectivity index (χ0) is 19.0. The van der Waals surface area contributed by atoms with Crippen LogP contribution in [0.3, 0.4) is 0 Å². The fourth-order valence-corrected chi connectivity index (χ4v) is 3.60. The summed E-state index contributed by atoms with van der Waals surface area (Å²) < 4.78 is 16.8. The number of hydrogen-bond acceptors (Lipinski definition) is 4. The highest BCUT2D eigenvalue weighted by Crippen LogP contribution is 2.43. The lowest BCUT2D eigenvalue weighted by atomic mass is 9.67. The summed E-state index contributed by atoms with van der Waals surface area (Å²) >= 11 is 0. The molecule has 1 aromatic carbocycles. The van der Waals surface area contributed by atoms with Gasteiger partial charge in [0.05, 0.1) is 19.8 Å². The molecule has 0 radical (unpaired) electrons. The number of fused-ring (bicyclic) bond motifs is 1. The molecular formula is C21H33N3O3. The molecule has 2 N–H and O–H groups in total. The summed E-state index contributed by atoms with van der Waals surface area (Å²) in [6.07, 6.45) is 5.88. The molecule has 1 heterocycles. The van der Waals surface area contributed by atoms with Gasteiger partial charge < -0.3 is 24.8 Å². The summed E-state index contributed by atoms with van der Waals surface area (Å²) in [6.45, 7) is 6.73. The Morgan fingerprint density at radius 1 is 1.15 bits per heavy atom. The van der Waals surface area contributed by atoms with Crippen molar-refractivity contribution < 1.29 is 14.2 Å². The highest BCUT2D eigenvalue weighted by Gasteiger charge is 2.36. The molecule has 0 amide bonds. The van der Waals surface area contributed by atoms with Gasteiger partial charge in [-0.15, -0.1) is 0 Å². The Kier molecular flexibility index (Phi) is 7.21. The molecule has 6 heteroatoms. The van der Waals surface area contributed by atoms with Crippen LogP contribution in [0.5, 0.6) is 11.5 Å². The Balaban J connectivity index is 1.59. The second-order valence-corrected chi connectivity index (χ2v) is 7.48. The summed E-state index contributed by atoms with van der Waals surface area (Å²) in [5, 5.41) is 6.90. The first-order valence-electron chi connectivity index (χ1n) is 10.1. The molecule has 1 aliphatic carbocycles. The van der Waals surface area contributed by atoms with Crippen LogP contribution in [0, 0.1) is 5.41 Å². The van der Waals surface area contributed by atoms with Crippen LogP contribution in [0.1, 0.15) is 44.6 Å². The minimum Gasteiger partial charge on any atom is -0.490 e. The molecule has 0 spiro atoms. The minimum atomic E-state index is 0.363. The number of aliphatic imine (C=N–C) groups is 1. The van der Waals surface area contributed by atoms with Crippen LogP contribution in [-0.4, -0.2) is 46.0 Å². The standard InChI is InChI=1S/C21H33N3O3/c1-3-22-20(24-16-21(8-4-9-21)10-13-25-2)23-15-17-6-7-18-19(14-17)27-12-5-11-26-18/h6-7,14H,3-5,8-13,15-16H2,1-2H3,(H2,22,23,24). The van der Waals surface area contributed by atoms with E-state index in [2.05, 4.69) is 23.6 Å². The van der Waals surface area contributed by atoms with Crippen molar-refractivity contribution >= 4 is 5.96 Å². The van der Waals surface area contributed by atoms with Crippen molar-refractivity contribution in [1.29, 1.82) is 0 Å². The zero-order valence-corrected chi connectivity index (χ0v) is 16.7. The average Bonchev–Trinajstić information content (AvgIpc) is 2.89. The number of nitrogens with one attached hydrogen (secondary N) is 2. The normalized spacial score (nSPS) is 18.4. The van der Waals surface area contributed by atoms with E-state index in [1.54, 1.807) is 7.11 Å². The predicted molar refractivity (Wildman–Crippen MR) is 108 cm³/mol. The lowest BCUT2D eigenvalue weighted by Crippen LogP contribution is -2.46. The van der Waals surface area contributed by atoms with Crippen molar-refractivity contribution in [1.82, 2.24) is 10.6 Å². The van der Waals surface area contributed by atoms with Gasteiger partial charge in [-0.1, -0.05) is 12.5 Å². The van der Waals surface area contributed by atoms with E-state index in [1.165, 1.54) is 19.3 Å². The Morgan fingerprint density at radius 3 is 2.67 bits per heavy atom. The lowest BCUT2D eigenvalue weighted by Gasteiger charge is -2.42. The Bertz CT molecular complexity index is 629. The van der Waals surface area contributed by atoms with E-state index < -0.39 is 0 Å². The molecule has 0 bridgehead atoms. The number of methoxy groups -OCH3 is 1. The third kappa shape index (κ3) is 5.51. The van der Waals surface area contributed by atoms with Crippen LogP contribution in [0.2, 0.25) is 0 Å². The quantitative estimate of drug-likeness (QED) is 0.540. The van der Waals surface area contributed by atoms with Crippen LogP contribution in [-0.2, 0) is 11.3 Å². The zero-order valence-electron chi connectivity index (χ0n) is 16.7. The lowest BCUT2D eigenvalue weighted by molar-refractivity contribution is 0.0732. The Hall–Kier alpha value is -1.95. The Labute approximate surface area is 162 Å². The topological polar surface area (TPSA) is 64.1 Å². The molecule has 0 atom stereocenters. The second-order valence-electron chi connectivity index (χ2n) is 7.48. The van der Waals surface area contributed by atoms with E-state index >= 15 is 0 Å². The maximum atomic E-state index is 5.78. The highest BCUT2D eigenvalue weighted by atomic mass is 16.5. The molecule has 150 valence electrons. The third-order valence-electron chi connectivity index (χ3n) is 5.46. The largest absolute Gasteiger partial charge is 0.490 e. The van der Waals surface area contributed by atoms with Crippen molar-refractivity contribution in [3.05, 3.63) is 23.8 Å². The maximum absolute atomic E-state index is 5.78. The molecule has 2 aliphatic rings. The van der Waals surface area contributed by atoms with Crippen molar-refractivity contribution in [3.63, 3.8) is 0 Å². The first kappa shape index (κ1) is 19.8. The van der Waals surface area contributed by atoms with Gasteiger partial charge in [-0.3, -0.25) is 0 Å². The van der Waals surface area contributed by atoms with Crippen molar-refractivity contribution in [2.24, 2.45) is 10.4 Å². The fraction of sp³-hybridized carbons (Fsp3) is 0.667. The van der Waals surface area contributed by atoms with Crippen LogP contribution in [0.4, 0.5) is 0 Å². The number of rotatable bonds is 8. The molecule has 0 saturated heterocycles. The first-order chi connectivity index (χ1) is 13.2. The van der Waals surface area contributed by atoms with E-state index in [0.29, 0.717) is 25.2 Å². The first-order valence-corrected chi connectivity index (χ1v) is 10.1. The summed E-state index contributed by atoms with van der Waals surface area (Å²) in [7, 11) is 1.78. The van der Waals surface area contributed by atoms with Gasteiger partial charge >= 0.3 is 0 Å². The van der Waals surface area contributed by atoms with E-state index in [1.807, 2.05) is 12.1 Å². The molecule has 27 heavy (non-hydrogen) atoms. The van der Waals surface area contributed by atoms with E-state index in [-0.39, 0.29) is 0 Å². The number of nitrogens with zero attached hydrogens (tertiary/aromatic N) is 1. The average molecular weight is 376 g/mol. The molecule has 1 aliphatic heterocycles. The second kappa shape index (κ2) is 9.83. The summed E-state index contributed by atoms with van der Waals surface area (Å²) in [5.74, 6) is 2.52. The van der Waals surface area contributed by atoms with Crippen LogP contribution in [0.25, 0.3) is 0 Å². The molecule has 0 aromatic heterocycles. The van der Waals surface area contributed by atoms with E-state index in [4.69, 9.17) is 19.2 Å². The molecular weight excluding hydrogens is 342 g/mol. The molecule has 3 rings (SSSR count). The molecule has 1 saturated carbocycles. The number of hydrogen-bond donors (Lipinski definition) is 2. The third-order valence-corrected chi connectivity index (χ3v) is 5.46. The van der Waals surface area contributed by atoms with Gasteiger partial charge in [0.1, 0.15) is 0 Å². The number of ether oxygens (including phenoxy) is 3. The Morgan fingerprint density at radius 2 is 1.96 bits per heavy atom. The summed E-state index contributed by atoms with van der Waals surface area (Å²) in [5.41, 5.74) is 1.48. The van der Waals surface area contributed by atoms with Gasteiger partial charge in [-0.25, -0.2) is 4.99 Å². The van der Waals surface area contributed by atoms with Gasteiger partial charge in [0.2, 0.25) is 0 Å². The summed E-state index contributed by atoms with van der Waals surface area (Å²) in [6, 6.07) is 6.09. The molecule has 6 nitrogen and oxygen atoms in total. The van der Waals surface area contributed by atoms with Gasteiger partial charge in [-0.2, -0.15) is 0 Å². The van der Waals surface area contributed by atoms with Crippen LogP contribution >= 0.6 is 0 Å². The van der Waals surface area contributed by atoms with E-state index in [9.17, 15) is 0 Å². The smallest absolute Gasteiger partial charge is 0.191 e. The van der Waals surface area contributed by atoms with Crippen molar-refractivity contribution in [3.8, 4) is 11.5 Å². The van der Waals surface area contributed by atoms with Gasteiger partial charge in [0.15, 0.2) is 17.5 Å². The van der Waals surface area contributed by atoms with Gasteiger partial charge in [0.25, 0.3) is 0 Å². The number of benzene rings is 1. The van der Waals surface area contributed by atoms with Gasteiger partial charge in [0, 0.05) is 33.2 Å². The van der Waals surface area contributed by atoms with Crippen LogP contribution in [0.15, 0.2) is 23.2 Å². The maximum Gasteiger partial charge on any atom is 0.191 e.